The smallest absolute Gasteiger partial charge is 0.478 e. The number of piperazine rings is 1. The lowest BCUT2D eigenvalue weighted by molar-refractivity contribution is -0.192. The van der Waals surface area contributed by atoms with Gasteiger partial charge in [-0.25, -0.2) is 18.0 Å². The number of halogens is 3. The standard InChI is InChI=1S/C25H27N3O4S.C2HF3O2/c1-18-6-9-22(10-7-18)33(31,32)26-24-11-8-21(17-23(24)25(29)30)28-14-12-27(13-15-28)20-5-3-4-19(2)16-20;3-2(4,5)1(6)7/h3-11,16-17,26H,12-15H2,1-2H3,(H,29,30);(H,6,7). The molecule has 0 saturated carbocycles. The third kappa shape index (κ3) is 7.88. The zero-order valence-corrected chi connectivity index (χ0v) is 22.5. The van der Waals surface area contributed by atoms with E-state index in [9.17, 15) is 31.5 Å². The van der Waals surface area contributed by atoms with Gasteiger partial charge in [-0.1, -0.05) is 29.8 Å². The number of carbonyl (C=O) groups is 2. The van der Waals surface area contributed by atoms with Gasteiger partial charge in [-0.15, -0.1) is 0 Å². The predicted octanol–water partition coefficient (Wildman–Crippen LogP) is 4.76. The van der Waals surface area contributed by atoms with Gasteiger partial charge in [0.1, 0.15) is 0 Å². The minimum atomic E-state index is -5.08. The summed E-state index contributed by atoms with van der Waals surface area (Å²) < 4.78 is 59.7. The van der Waals surface area contributed by atoms with Gasteiger partial charge in [0.25, 0.3) is 10.0 Å². The summed E-state index contributed by atoms with van der Waals surface area (Å²) in [5.41, 5.74) is 4.06. The summed E-state index contributed by atoms with van der Waals surface area (Å²) in [6.45, 7) is 7.04. The summed E-state index contributed by atoms with van der Waals surface area (Å²) in [4.78, 5) is 25.3. The molecule has 13 heteroatoms. The van der Waals surface area contributed by atoms with E-state index in [0.717, 1.165) is 37.4 Å². The van der Waals surface area contributed by atoms with Crippen LogP contribution < -0.4 is 14.5 Å². The van der Waals surface area contributed by atoms with E-state index in [1.807, 2.05) is 13.0 Å². The first kappa shape index (κ1) is 30.3. The summed E-state index contributed by atoms with van der Waals surface area (Å²) in [5, 5.41) is 16.9. The molecule has 1 heterocycles. The molecule has 0 radical (unpaired) electrons. The summed E-state index contributed by atoms with van der Waals surface area (Å²) in [5.74, 6) is -3.94. The predicted molar refractivity (Wildman–Crippen MR) is 145 cm³/mol. The molecule has 0 amide bonds. The van der Waals surface area contributed by atoms with Crippen molar-refractivity contribution in [2.75, 3.05) is 40.7 Å². The summed E-state index contributed by atoms with van der Waals surface area (Å²) >= 11 is 0. The molecule has 3 N–H and O–H groups in total. The van der Waals surface area contributed by atoms with Gasteiger partial charge in [0.2, 0.25) is 0 Å². The van der Waals surface area contributed by atoms with Crippen LogP contribution in [0.1, 0.15) is 21.5 Å². The normalized spacial score (nSPS) is 13.7. The molecule has 0 atom stereocenters. The number of sulfonamides is 1. The molecule has 3 aromatic rings. The molecule has 1 aliphatic rings. The van der Waals surface area contributed by atoms with Crippen LogP contribution in [0.3, 0.4) is 0 Å². The van der Waals surface area contributed by atoms with Crippen molar-refractivity contribution in [3.8, 4) is 0 Å². The van der Waals surface area contributed by atoms with Gasteiger partial charge in [-0.2, -0.15) is 13.2 Å². The van der Waals surface area contributed by atoms with E-state index in [4.69, 9.17) is 9.90 Å². The number of nitrogens with zero attached hydrogens (tertiary/aromatic N) is 2. The van der Waals surface area contributed by atoms with Crippen LogP contribution in [-0.2, 0) is 14.8 Å². The molecule has 0 aliphatic carbocycles. The molecule has 0 unspecified atom stereocenters. The van der Waals surface area contributed by atoms with Crippen LogP contribution >= 0.6 is 0 Å². The Morgan fingerprint density at radius 3 is 1.80 bits per heavy atom. The molecule has 0 bridgehead atoms. The lowest BCUT2D eigenvalue weighted by atomic mass is 10.1. The first-order valence-electron chi connectivity index (χ1n) is 12.0. The Morgan fingerprint density at radius 1 is 0.800 bits per heavy atom. The highest BCUT2D eigenvalue weighted by molar-refractivity contribution is 7.92. The largest absolute Gasteiger partial charge is 0.490 e. The van der Waals surface area contributed by atoms with E-state index >= 15 is 0 Å². The van der Waals surface area contributed by atoms with E-state index in [0.29, 0.717) is 0 Å². The third-order valence-electron chi connectivity index (χ3n) is 6.06. The Balaban J connectivity index is 0.000000559. The number of benzene rings is 3. The number of alkyl halides is 3. The first-order chi connectivity index (χ1) is 18.7. The molecule has 1 fully saturated rings. The quantitative estimate of drug-likeness (QED) is 0.382. The zero-order valence-electron chi connectivity index (χ0n) is 21.6. The number of rotatable bonds is 6. The van der Waals surface area contributed by atoms with Crippen molar-refractivity contribution in [2.45, 2.75) is 24.9 Å². The van der Waals surface area contributed by atoms with Gasteiger partial charge < -0.3 is 20.0 Å². The molecule has 1 aliphatic heterocycles. The third-order valence-corrected chi connectivity index (χ3v) is 7.44. The topological polar surface area (TPSA) is 127 Å². The average molecular weight is 580 g/mol. The highest BCUT2D eigenvalue weighted by Crippen LogP contribution is 2.28. The number of aliphatic carboxylic acids is 1. The number of aryl methyl sites for hydroxylation is 2. The molecule has 0 spiro atoms. The molecule has 9 nitrogen and oxygen atoms in total. The van der Waals surface area contributed by atoms with Gasteiger partial charge in [-0.05, 0) is 61.9 Å². The van der Waals surface area contributed by atoms with Crippen molar-refractivity contribution in [2.24, 2.45) is 0 Å². The Labute approximate surface area is 229 Å². The first-order valence-corrected chi connectivity index (χ1v) is 13.5. The molecule has 214 valence electrons. The Kier molecular flexibility index (Phi) is 9.30. The second-order valence-corrected chi connectivity index (χ2v) is 10.8. The van der Waals surface area contributed by atoms with Crippen molar-refractivity contribution >= 4 is 39.0 Å². The maximum atomic E-state index is 12.7. The maximum Gasteiger partial charge on any atom is 0.490 e. The average Bonchev–Trinajstić information content (AvgIpc) is 2.89. The fourth-order valence-corrected chi connectivity index (χ4v) is 5.04. The van der Waals surface area contributed by atoms with Crippen molar-refractivity contribution in [1.29, 1.82) is 0 Å². The molecule has 4 rings (SSSR count). The lowest BCUT2D eigenvalue weighted by Crippen LogP contribution is -2.46. The highest BCUT2D eigenvalue weighted by atomic mass is 32.2. The SMILES string of the molecule is Cc1ccc(S(=O)(=O)Nc2ccc(N3CCN(c4cccc(C)c4)CC3)cc2C(=O)O)cc1.O=C(O)C(F)(F)F. The minimum Gasteiger partial charge on any atom is -0.478 e. The molecular weight excluding hydrogens is 551 g/mol. The van der Waals surface area contributed by atoms with Crippen LogP contribution in [0.15, 0.2) is 71.6 Å². The number of nitrogens with one attached hydrogen (secondary N) is 1. The van der Waals surface area contributed by atoms with Crippen molar-refractivity contribution in [1.82, 2.24) is 0 Å². The molecule has 40 heavy (non-hydrogen) atoms. The van der Waals surface area contributed by atoms with Gasteiger partial charge in [-0.3, -0.25) is 4.72 Å². The number of carboxylic acids is 2. The number of aromatic carboxylic acids is 1. The summed E-state index contributed by atoms with van der Waals surface area (Å²) in [7, 11) is -3.90. The van der Waals surface area contributed by atoms with Gasteiger partial charge >= 0.3 is 18.1 Å². The van der Waals surface area contributed by atoms with Crippen LogP contribution in [0.4, 0.5) is 30.2 Å². The minimum absolute atomic E-state index is 0.0465. The number of hydrogen-bond acceptors (Lipinski definition) is 6. The van der Waals surface area contributed by atoms with Gasteiger partial charge in [0.15, 0.2) is 0 Å². The van der Waals surface area contributed by atoms with Crippen LogP contribution in [0.5, 0.6) is 0 Å². The van der Waals surface area contributed by atoms with Crippen molar-refractivity contribution in [3.05, 3.63) is 83.4 Å². The van der Waals surface area contributed by atoms with E-state index in [-0.39, 0.29) is 16.1 Å². The van der Waals surface area contributed by atoms with Gasteiger partial charge in [0, 0.05) is 37.6 Å². The Bertz CT molecular complexity index is 1470. The van der Waals surface area contributed by atoms with E-state index in [1.165, 1.54) is 35.5 Å². The second-order valence-electron chi connectivity index (χ2n) is 9.07. The summed E-state index contributed by atoms with van der Waals surface area (Å²) in [6, 6.07) is 19.6. The zero-order chi connectivity index (χ0) is 29.7. The fraction of sp³-hybridized carbons (Fsp3) is 0.259. The molecular formula is C27H28F3N3O6S. The van der Waals surface area contributed by atoms with E-state index in [2.05, 4.69) is 39.6 Å². The highest BCUT2D eigenvalue weighted by Gasteiger charge is 2.38. The number of anilines is 3. The van der Waals surface area contributed by atoms with Crippen LogP contribution in [-0.4, -0.2) is 62.9 Å². The number of carboxylic acid groups (broad SMARTS) is 2. The fourth-order valence-electron chi connectivity index (χ4n) is 3.96. The molecule has 0 aromatic heterocycles. The molecule has 3 aromatic carbocycles. The maximum absolute atomic E-state index is 12.7. The van der Waals surface area contributed by atoms with Crippen molar-refractivity contribution in [3.63, 3.8) is 0 Å². The Morgan fingerprint density at radius 2 is 1.32 bits per heavy atom. The van der Waals surface area contributed by atoms with Crippen molar-refractivity contribution < 1.29 is 41.4 Å². The van der Waals surface area contributed by atoms with Gasteiger partial charge in [0.05, 0.1) is 16.1 Å². The van der Waals surface area contributed by atoms with Crippen LogP contribution in [0, 0.1) is 13.8 Å². The monoisotopic (exact) mass is 579 g/mol. The molecule has 1 saturated heterocycles. The summed E-state index contributed by atoms with van der Waals surface area (Å²) in [6.07, 6.45) is -5.08. The van der Waals surface area contributed by atoms with Crippen LogP contribution in [0.2, 0.25) is 0 Å². The van der Waals surface area contributed by atoms with E-state index < -0.39 is 28.1 Å². The number of hydrogen-bond donors (Lipinski definition) is 3. The van der Waals surface area contributed by atoms with E-state index in [1.54, 1.807) is 18.2 Å². The Hall–Kier alpha value is -4.26. The van der Waals surface area contributed by atoms with Crippen LogP contribution in [0.25, 0.3) is 0 Å². The lowest BCUT2D eigenvalue weighted by Gasteiger charge is -2.37. The second kappa shape index (κ2) is 12.3.